The van der Waals surface area contributed by atoms with E-state index in [-0.39, 0.29) is 26.1 Å². The second kappa shape index (κ2) is 6.67. The first-order chi connectivity index (χ1) is 8.56. The number of carbonyl (C=O) groups is 2. The van der Waals surface area contributed by atoms with Crippen molar-refractivity contribution in [3.05, 3.63) is 11.9 Å². The summed E-state index contributed by atoms with van der Waals surface area (Å²) in [6.45, 7) is -0.260. The summed E-state index contributed by atoms with van der Waals surface area (Å²) in [6.07, 6.45) is 1.45. The van der Waals surface area contributed by atoms with E-state index in [4.69, 9.17) is 15.9 Å². The summed E-state index contributed by atoms with van der Waals surface area (Å²) in [5, 5.41) is 27.1. The molecule has 1 atom stereocenters. The van der Waals surface area contributed by atoms with Gasteiger partial charge in [-0.25, -0.2) is 9.48 Å². The lowest BCUT2D eigenvalue weighted by atomic mass is 10.2. The SMILES string of the molecule is NCc1cn(CC(=O)N[C@H](CCO)C(=O)O)nn1. The Labute approximate surface area is 103 Å². The number of aliphatic carboxylic acids is 1. The standard InChI is InChI=1S/C9H15N5O4/c10-3-6-4-14(13-12-6)5-8(16)11-7(1-2-15)9(17)18/h4,7,15H,1-3,5,10H2,(H,11,16)(H,17,18)/t7-/m1/s1. The number of nitrogens with one attached hydrogen (secondary N) is 1. The predicted octanol–water partition coefficient (Wildman–Crippen LogP) is -2.31. The van der Waals surface area contributed by atoms with Crippen molar-refractivity contribution in [2.45, 2.75) is 25.6 Å². The first kappa shape index (κ1) is 14.1. The van der Waals surface area contributed by atoms with Gasteiger partial charge in [-0.05, 0) is 0 Å². The molecule has 9 nitrogen and oxygen atoms in total. The van der Waals surface area contributed by atoms with Gasteiger partial charge < -0.3 is 21.3 Å². The summed E-state index contributed by atoms with van der Waals surface area (Å²) in [7, 11) is 0. The lowest BCUT2D eigenvalue weighted by Gasteiger charge is -2.12. The fourth-order valence-corrected chi connectivity index (χ4v) is 1.28. The lowest BCUT2D eigenvalue weighted by Crippen LogP contribution is -2.42. The molecule has 0 fully saturated rings. The Morgan fingerprint density at radius 2 is 2.28 bits per heavy atom. The molecule has 0 bridgehead atoms. The summed E-state index contributed by atoms with van der Waals surface area (Å²) < 4.78 is 1.26. The fourth-order valence-electron chi connectivity index (χ4n) is 1.28. The number of carbonyl (C=O) groups excluding carboxylic acids is 1. The fraction of sp³-hybridized carbons (Fsp3) is 0.556. The van der Waals surface area contributed by atoms with Crippen molar-refractivity contribution in [3.63, 3.8) is 0 Å². The number of aliphatic hydroxyl groups is 1. The van der Waals surface area contributed by atoms with Crippen LogP contribution in [0.4, 0.5) is 0 Å². The van der Waals surface area contributed by atoms with Gasteiger partial charge in [-0.1, -0.05) is 5.21 Å². The van der Waals surface area contributed by atoms with Crippen LogP contribution in [0.2, 0.25) is 0 Å². The predicted molar refractivity (Wildman–Crippen MR) is 59.2 cm³/mol. The average Bonchev–Trinajstić information content (AvgIpc) is 2.76. The summed E-state index contributed by atoms with van der Waals surface area (Å²) in [4.78, 5) is 22.3. The zero-order valence-electron chi connectivity index (χ0n) is 9.61. The van der Waals surface area contributed by atoms with E-state index in [1.807, 2.05) is 0 Å². The van der Waals surface area contributed by atoms with Crippen molar-refractivity contribution < 1.29 is 19.8 Å². The molecule has 9 heteroatoms. The molecule has 1 aromatic heterocycles. The maximum Gasteiger partial charge on any atom is 0.326 e. The number of nitrogens with two attached hydrogens (primary N) is 1. The van der Waals surface area contributed by atoms with E-state index in [0.717, 1.165) is 0 Å². The molecule has 18 heavy (non-hydrogen) atoms. The molecule has 100 valence electrons. The first-order valence-electron chi connectivity index (χ1n) is 5.29. The highest BCUT2D eigenvalue weighted by atomic mass is 16.4. The number of aliphatic hydroxyl groups excluding tert-OH is 1. The van der Waals surface area contributed by atoms with Crippen molar-refractivity contribution in [2.75, 3.05) is 6.61 Å². The van der Waals surface area contributed by atoms with Gasteiger partial charge in [0, 0.05) is 19.6 Å². The molecule has 0 aliphatic rings. The number of carboxylic acid groups (broad SMARTS) is 1. The van der Waals surface area contributed by atoms with Gasteiger partial charge in [-0.2, -0.15) is 0 Å². The van der Waals surface area contributed by atoms with Crippen molar-refractivity contribution >= 4 is 11.9 Å². The summed E-state index contributed by atoms with van der Waals surface area (Å²) in [5.41, 5.74) is 5.87. The third-order valence-electron chi connectivity index (χ3n) is 2.15. The largest absolute Gasteiger partial charge is 0.480 e. The van der Waals surface area contributed by atoms with Gasteiger partial charge in [0.05, 0.1) is 11.9 Å². The molecule has 1 heterocycles. The smallest absolute Gasteiger partial charge is 0.326 e. The second-order valence-corrected chi connectivity index (χ2v) is 3.58. The minimum absolute atomic E-state index is 0.0491. The van der Waals surface area contributed by atoms with Crippen LogP contribution in [-0.2, 0) is 22.7 Å². The highest BCUT2D eigenvalue weighted by molar-refractivity contribution is 5.83. The zero-order valence-corrected chi connectivity index (χ0v) is 9.61. The van der Waals surface area contributed by atoms with Gasteiger partial charge in [-0.3, -0.25) is 4.79 Å². The van der Waals surface area contributed by atoms with Crippen LogP contribution in [-0.4, -0.2) is 49.7 Å². The lowest BCUT2D eigenvalue weighted by molar-refractivity contribution is -0.142. The summed E-state index contributed by atoms with van der Waals surface area (Å²) in [6, 6.07) is -1.11. The van der Waals surface area contributed by atoms with E-state index < -0.39 is 17.9 Å². The van der Waals surface area contributed by atoms with Crippen LogP contribution in [0, 0.1) is 0 Å². The van der Waals surface area contributed by atoms with Crippen molar-refractivity contribution in [1.82, 2.24) is 20.3 Å². The molecule has 0 unspecified atom stereocenters. The molecule has 0 aromatic carbocycles. The molecule has 0 aliphatic heterocycles. The molecular formula is C9H15N5O4. The topological polar surface area (TPSA) is 143 Å². The Kier molecular flexibility index (Phi) is 5.21. The number of rotatable bonds is 7. The molecule has 0 spiro atoms. The van der Waals surface area contributed by atoms with E-state index in [9.17, 15) is 9.59 Å². The Hall–Kier alpha value is -2.00. The molecule has 5 N–H and O–H groups in total. The number of amides is 1. The quantitative estimate of drug-likeness (QED) is 0.429. The highest BCUT2D eigenvalue weighted by Gasteiger charge is 2.19. The van der Waals surface area contributed by atoms with Crippen LogP contribution >= 0.6 is 0 Å². The molecule has 0 radical (unpaired) electrons. The number of hydrogen-bond acceptors (Lipinski definition) is 6. The van der Waals surface area contributed by atoms with Crippen LogP contribution in [0.3, 0.4) is 0 Å². The Morgan fingerprint density at radius 1 is 1.56 bits per heavy atom. The Bertz CT molecular complexity index is 419. The van der Waals surface area contributed by atoms with Crippen LogP contribution in [0.5, 0.6) is 0 Å². The van der Waals surface area contributed by atoms with E-state index in [1.54, 1.807) is 0 Å². The number of nitrogens with zero attached hydrogens (tertiary/aromatic N) is 3. The third kappa shape index (κ3) is 4.11. The second-order valence-electron chi connectivity index (χ2n) is 3.58. The van der Waals surface area contributed by atoms with Crippen LogP contribution in [0.25, 0.3) is 0 Å². The van der Waals surface area contributed by atoms with E-state index >= 15 is 0 Å². The Morgan fingerprint density at radius 3 is 2.78 bits per heavy atom. The summed E-state index contributed by atoms with van der Waals surface area (Å²) >= 11 is 0. The normalized spacial score (nSPS) is 12.1. The van der Waals surface area contributed by atoms with Crippen molar-refractivity contribution in [2.24, 2.45) is 5.73 Å². The van der Waals surface area contributed by atoms with Crippen LogP contribution < -0.4 is 11.1 Å². The zero-order chi connectivity index (χ0) is 13.5. The highest BCUT2D eigenvalue weighted by Crippen LogP contribution is 1.94. The molecule has 0 saturated carbocycles. The number of hydrogen-bond donors (Lipinski definition) is 4. The number of aromatic nitrogens is 3. The van der Waals surface area contributed by atoms with E-state index in [2.05, 4.69) is 15.6 Å². The third-order valence-corrected chi connectivity index (χ3v) is 2.15. The monoisotopic (exact) mass is 257 g/mol. The molecule has 1 rings (SSSR count). The van der Waals surface area contributed by atoms with Crippen molar-refractivity contribution in [3.8, 4) is 0 Å². The van der Waals surface area contributed by atoms with Gasteiger partial charge in [-0.15, -0.1) is 5.10 Å². The molecule has 0 saturated heterocycles. The van der Waals surface area contributed by atoms with Crippen LogP contribution in [0.15, 0.2) is 6.20 Å². The van der Waals surface area contributed by atoms with Crippen LogP contribution in [0.1, 0.15) is 12.1 Å². The summed E-state index contributed by atoms with van der Waals surface area (Å²) in [5.74, 6) is -1.72. The van der Waals surface area contributed by atoms with Gasteiger partial charge in [0.25, 0.3) is 0 Å². The molecule has 0 aliphatic carbocycles. The van der Waals surface area contributed by atoms with Gasteiger partial charge in [0.15, 0.2) is 0 Å². The molecular weight excluding hydrogens is 242 g/mol. The maximum atomic E-state index is 11.5. The van der Waals surface area contributed by atoms with Gasteiger partial charge >= 0.3 is 5.97 Å². The van der Waals surface area contributed by atoms with Gasteiger partial charge in [0.1, 0.15) is 12.6 Å². The molecule has 1 amide bonds. The maximum absolute atomic E-state index is 11.5. The Balaban J connectivity index is 2.51. The van der Waals surface area contributed by atoms with Gasteiger partial charge in [0.2, 0.25) is 5.91 Å². The first-order valence-corrected chi connectivity index (χ1v) is 5.29. The average molecular weight is 257 g/mol. The van der Waals surface area contributed by atoms with E-state index in [0.29, 0.717) is 5.69 Å². The molecule has 1 aromatic rings. The van der Waals surface area contributed by atoms with Crippen molar-refractivity contribution in [1.29, 1.82) is 0 Å². The minimum atomic E-state index is -1.20. The van der Waals surface area contributed by atoms with E-state index in [1.165, 1.54) is 10.9 Å². The minimum Gasteiger partial charge on any atom is -0.480 e. The number of carboxylic acids is 1.